The van der Waals surface area contributed by atoms with E-state index in [4.69, 9.17) is 4.74 Å². The number of carbonyl (C=O) groups excluding carboxylic acids is 1. The average molecular weight is 213 g/mol. The van der Waals surface area contributed by atoms with Gasteiger partial charge in [0, 0.05) is 0 Å². The summed E-state index contributed by atoms with van der Waals surface area (Å²) in [6.07, 6.45) is 5.38. The molecule has 15 heavy (non-hydrogen) atoms. The monoisotopic (exact) mass is 213 g/mol. The standard InChI is InChI=1S/C11H19NO3/c1-2-8-15-11(14)12-9-6-4-3-5-7-10(9)13/h2,9-10,13H,1,3-8H2,(H,12,14). The van der Waals surface area contributed by atoms with Crippen LogP contribution in [0.1, 0.15) is 32.1 Å². The van der Waals surface area contributed by atoms with E-state index in [1.807, 2.05) is 0 Å². The summed E-state index contributed by atoms with van der Waals surface area (Å²) in [7, 11) is 0. The minimum Gasteiger partial charge on any atom is -0.445 e. The van der Waals surface area contributed by atoms with E-state index >= 15 is 0 Å². The summed E-state index contributed by atoms with van der Waals surface area (Å²) in [5.74, 6) is 0. The normalized spacial score (nSPS) is 26.5. The first-order valence-electron chi connectivity index (χ1n) is 5.46. The number of hydrogen-bond donors (Lipinski definition) is 2. The van der Waals surface area contributed by atoms with Gasteiger partial charge in [-0.05, 0) is 12.8 Å². The van der Waals surface area contributed by atoms with Crippen LogP contribution < -0.4 is 5.32 Å². The summed E-state index contributed by atoms with van der Waals surface area (Å²) in [6, 6.07) is -0.162. The lowest BCUT2D eigenvalue weighted by Crippen LogP contribution is -2.42. The summed E-state index contributed by atoms with van der Waals surface area (Å²) in [5.41, 5.74) is 0. The predicted octanol–water partition coefficient (Wildman–Crippen LogP) is 1.59. The fourth-order valence-electron chi connectivity index (χ4n) is 1.78. The molecule has 1 fully saturated rings. The second-order valence-electron chi connectivity index (χ2n) is 3.84. The van der Waals surface area contributed by atoms with Crippen LogP contribution in [0.15, 0.2) is 12.7 Å². The lowest BCUT2D eigenvalue weighted by Gasteiger charge is -2.21. The van der Waals surface area contributed by atoms with Gasteiger partial charge in [-0.3, -0.25) is 0 Å². The molecule has 1 aliphatic rings. The number of carbonyl (C=O) groups is 1. The zero-order valence-electron chi connectivity index (χ0n) is 8.95. The molecular weight excluding hydrogens is 194 g/mol. The lowest BCUT2D eigenvalue weighted by molar-refractivity contribution is 0.105. The molecule has 1 amide bonds. The molecule has 0 spiro atoms. The number of hydrogen-bond acceptors (Lipinski definition) is 3. The number of amides is 1. The van der Waals surface area contributed by atoms with E-state index in [9.17, 15) is 9.90 Å². The third-order valence-corrected chi connectivity index (χ3v) is 2.62. The first kappa shape index (κ1) is 12.0. The van der Waals surface area contributed by atoms with Crippen molar-refractivity contribution in [3.8, 4) is 0 Å². The molecule has 2 N–H and O–H groups in total. The van der Waals surface area contributed by atoms with Crippen LogP contribution >= 0.6 is 0 Å². The SMILES string of the molecule is C=CCOC(=O)NC1CCCCCC1O. The Bertz CT molecular complexity index is 218. The predicted molar refractivity (Wildman–Crippen MR) is 57.6 cm³/mol. The number of rotatable bonds is 3. The molecule has 0 aromatic rings. The number of alkyl carbamates (subject to hydrolysis) is 1. The second-order valence-corrected chi connectivity index (χ2v) is 3.84. The van der Waals surface area contributed by atoms with E-state index in [1.54, 1.807) is 0 Å². The first-order valence-corrected chi connectivity index (χ1v) is 5.46. The molecule has 1 saturated carbocycles. The molecule has 1 rings (SSSR count). The highest BCUT2D eigenvalue weighted by atomic mass is 16.5. The van der Waals surface area contributed by atoms with Crippen LogP contribution in [0.25, 0.3) is 0 Å². The van der Waals surface area contributed by atoms with E-state index in [-0.39, 0.29) is 12.6 Å². The molecule has 2 atom stereocenters. The summed E-state index contributed by atoms with van der Waals surface area (Å²) in [5, 5.41) is 12.4. The van der Waals surface area contributed by atoms with Gasteiger partial charge in [-0.15, -0.1) is 0 Å². The molecule has 4 heteroatoms. The molecule has 0 bridgehead atoms. The molecule has 4 nitrogen and oxygen atoms in total. The molecule has 1 aliphatic carbocycles. The van der Waals surface area contributed by atoms with Gasteiger partial charge < -0.3 is 15.2 Å². The van der Waals surface area contributed by atoms with Crippen molar-refractivity contribution in [2.24, 2.45) is 0 Å². The third kappa shape index (κ3) is 4.34. The zero-order chi connectivity index (χ0) is 11.1. The fourth-order valence-corrected chi connectivity index (χ4v) is 1.78. The molecule has 0 radical (unpaired) electrons. The van der Waals surface area contributed by atoms with Gasteiger partial charge in [-0.2, -0.15) is 0 Å². The maximum atomic E-state index is 11.2. The van der Waals surface area contributed by atoms with Crippen molar-refractivity contribution in [3.63, 3.8) is 0 Å². The molecule has 0 saturated heterocycles. The maximum absolute atomic E-state index is 11.2. The molecule has 0 aliphatic heterocycles. The van der Waals surface area contributed by atoms with Gasteiger partial charge >= 0.3 is 6.09 Å². The zero-order valence-corrected chi connectivity index (χ0v) is 8.95. The number of aliphatic hydroxyl groups excluding tert-OH is 1. The summed E-state index contributed by atoms with van der Waals surface area (Å²) in [4.78, 5) is 11.2. The van der Waals surface area contributed by atoms with E-state index < -0.39 is 12.2 Å². The van der Waals surface area contributed by atoms with Crippen LogP contribution in [-0.4, -0.2) is 30.0 Å². The maximum Gasteiger partial charge on any atom is 0.407 e. The van der Waals surface area contributed by atoms with Crippen LogP contribution in [0.4, 0.5) is 4.79 Å². The minimum atomic E-state index is -0.471. The number of aliphatic hydroxyl groups is 1. The van der Waals surface area contributed by atoms with E-state index in [1.165, 1.54) is 6.08 Å². The number of ether oxygens (including phenoxy) is 1. The van der Waals surface area contributed by atoms with Crippen molar-refractivity contribution in [2.45, 2.75) is 44.2 Å². The van der Waals surface area contributed by atoms with Gasteiger partial charge in [0.1, 0.15) is 6.61 Å². The van der Waals surface area contributed by atoms with E-state index in [0.717, 1.165) is 32.1 Å². The highest BCUT2D eigenvalue weighted by Gasteiger charge is 2.23. The fraction of sp³-hybridized carbons (Fsp3) is 0.727. The van der Waals surface area contributed by atoms with Gasteiger partial charge in [0.15, 0.2) is 0 Å². The van der Waals surface area contributed by atoms with Gasteiger partial charge in [-0.1, -0.05) is 31.9 Å². The molecule has 86 valence electrons. The van der Waals surface area contributed by atoms with Gasteiger partial charge in [-0.25, -0.2) is 4.79 Å². The third-order valence-electron chi connectivity index (χ3n) is 2.62. The number of nitrogens with one attached hydrogen (secondary N) is 1. The van der Waals surface area contributed by atoms with Gasteiger partial charge in [0.25, 0.3) is 0 Å². The quantitative estimate of drug-likeness (QED) is 0.553. The van der Waals surface area contributed by atoms with Crippen molar-refractivity contribution in [2.75, 3.05) is 6.61 Å². The molecule has 0 heterocycles. The summed E-state index contributed by atoms with van der Waals surface area (Å²) in [6.45, 7) is 3.66. The molecule has 2 unspecified atom stereocenters. The van der Waals surface area contributed by atoms with Crippen LogP contribution in [0, 0.1) is 0 Å². The smallest absolute Gasteiger partial charge is 0.407 e. The van der Waals surface area contributed by atoms with Crippen LogP contribution in [0.3, 0.4) is 0 Å². The highest BCUT2D eigenvalue weighted by Crippen LogP contribution is 2.17. The Morgan fingerprint density at radius 2 is 2.20 bits per heavy atom. The summed E-state index contributed by atoms with van der Waals surface area (Å²) < 4.78 is 4.80. The van der Waals surface area contributed by atoms with Crippen LogP contribution in [-0.2, 0) is 4.74 Å². The Hall–Kier alpha value is -1.03. The van der Waals surface area contributed by atoms with Gasteiger partial charge in [0.05, 0.1) is 12.1 Å². The Morgan fingerprint density at radius 1 is 1.47 bits per heavy atom. The van der Waals surface area contributed by atoms with Crippen molar-refractivity contribution in [3.05, 3.63) is 12.7 Å². The molecule has 0 aromatic heterocycles. The largest absolute Gasteiger partial charge is 0.445 e. The molecule has 0 aromatic carbocycles. The van der Waals surface area contributed by atoms with Crippen molar-refractivity contribution in [1.82, 2.24) is 5.32 Å². The highest BCUT2D eigenvalue weighted by molar-refractivity contribution is 5.67. The van der Waals surface area contributed by atoms with Crippen molar-refractivity contribution >= 4 is 6.09 Å². The van der Waals surface area contributed by atoms with Crippen LogP contribution in [0.2, 0.25) is 0 Å². The minimum absolute atomic E-state index is 0.162. The Balaban J connectivity index is 2.33. The Kier molecular flexibility index (Phi) is 5.18. The Morgan fingerprint density at radius 3 is 2.93 bits per heavy atom. The topological polar surface area (TPSA) is 58.6 Å². The van der Waals surface area contributed by atoms with Crippen LogP contribution in [0.5, 0.6) is 0 Å². The lowest BCUT2D eigenvalue weighted by atomic mass is 10.1. The van der Waals surface area contributed by atoms with Crippen molar-refractivity contribution in [1.29, 1.82) is 0 Å². The van der Waals surface area contributed by atoms with Crippen molar-refractivity contribution < 1.29 is 14.6 Å². The first-order chi connectivity index (χ1) is 7.24. The van der Waals surface area contributed by atoms with E-state index in [2.05, 4.69) is 11.9 Å². The van der Waals surface area contributed by atoms with Gasteiger partial charge in [0.2, 0.25) is 0 Å². The van der Waals surface area contributed by atoms with E-state index in [0.29, 0.717) is 0 Å². The summed E-state index contributed by atoms with van der Waals surface area (Å²) >= 11 is 0. The Labute approximate surface area is 90.3 Å². The average Bonchev–Trinajstić information content (AvgIpc) is 2.42. The second kappa shape index (κ2) is 6.45. The molecular formula is C11H19NO3.